The minimum Gasteiger partial charge on any atom is -0.547 e. The molecule has 2 atom stereocenters. The molecule has 0 saturated carbocycles. The molecular weight excluding hydrogens is 163 g/mol. The Bertz CT molecular complexity index is 117. The minimum absolute atomic E-state index is 0. The van der Waals surface area contributed by atoms with Crippen LogP contribution in [0.25, 0.3) is 0 Å². The zero-order valence-electron chi connectivity index (χ0n) is 6.23. The number of rotatable bonds is 4. The van der Waals surface area contributed by atoms with Crippen molar-refractivity contribution < 1.29 is 54.8 Å². The van der Waals surface area contributed by atoms with Crippen molar-refractivity contribution >= 4 is 5.97 Å². The molecule has 0 aromatic carbocycles. The first kappa shape index (κ1) is 13.9. The maximum atomic E-state index is 9.80. The van der Waals surface area contributed by atoms with Gasteiger partial charge in [-0.1, -0.05) is 0 Å². The number of hydrogen-bond acceptors (Lipinski definition) is 5. The topological polar surface area (TPSA) is 101 Å². The van der Waals surface area contributed by atoms with Gasteiger partial charge in [0.1, 0.15) is 0 Å². The van der Waals surface area contributed by atoms with E-state index in [4.69, 9.17) is 15.3 Å². The van der Waals surface area contributed by atoms with Gasteiger partial charge in [0.05, 0.1) is 24.8 Å². The average molecular weight is 172 g/mol. The second kappa shape index (κ2) is 7.02. The molecule has 0 aliphatic heterocycles. The quantitative estimate of drug-likeness (QED) is 0.366. The third kappa shape index (κ3) is 6.74. The molecule has 0 rings (SSSR count). The maximum Gasteiger partial charge on any atom is 1.00 e. The second-order valence-corrected chi connectivity index (χ2v) is 1.91. The predicted molar refractivity (Wildman–Crippen MR) is 28.7 cm³/mol. The Morgan fingerprint density at radius 2 is 1.91 bits per heavy atom. The number of carboxylic acids is 1. The molecule has 0 saturated heterocycles. The van der Waals surface area contributed by atoms with Crippen molar-refractivity contribution in [2.45, 2.75) is 18.6 Å². The molecule has 5 nitrogen and oxygen atoms in total. The molecule has 0 aromatic rings. The van der Waals surface area contributed by atoms with Crippen LogP contribution in [0.1, 0.15) is 6.42 Å². The van der Waals surface area contributed by atoms with Crippen molar-refractivity contribution in [2.75, 3.05) is 6.61 Å². The Labute approximate surface area is 86.0 Å². The van der Waals surface area contributed by atoms with Crippen LogP contribution in [0.15, 0.2) is 0 Å². The van der Waals surface area contributed by atoms with Crippen LogP contribution in [-0.2, 0) is 4.79 Å². The Morgan fingerprint density at radius 3 is 2.18 bits per heavy atom. The van der Waals surface area contributed by atoms with E-state index >= 15 is 0 Å². The van der Waals surface area contributed by atoms with E-state index < -0.39 is 31.2 Å². The summed E-state index contributed by atoms with van der Waals surface area (Å²) < 4.78 is 0. The van der Waals surface area contributed by atoms with Crippen LogP contribution in [0.2, 0.25) is 0 Å². The van der Waals surface area contributed by atoms with Crippen molar-refractivity contribution in [1.82, 2.24) is 0 Å². The first-order valence-corrected chi connectivity index (χ1v) is 2.75. The van der Waals surface area contributed by atoms with Crippen LogP contribution in [-0.4, -0.2) is 40.1 Å². The Kier molecular flexibility index (Phi) is 8.88. The summed E-state index contributed by atoms with van der Waals surface area (Å²) in [5.41, 5.74) is 0. The van der Waals surface area contributed by atoms with Gasteiger partial charge >= 0.3 is 29.6 Å². The van der Waals surface area contributed by atoms with Crippen molar-refractivity contribution in [3.05, 3.63) is 0 Å². The number of aliphatic hydroxyl groups excluding tert-OH is 3. The van der Waals surface area contributed by atoms with E-state index in [0.29, 0.717) is 0 Å². The minimum atomic E-state index is -1.71. The standard InChI is InChI=1S/C5H10O5.Na/c6-2-3(7)1-4(8)5(9)10;/h3-4,6-8H,1-2H2,(H,9,10);/q;+1/p-1/t3-,4-;/m0./s1. The van der Waals surface area contributed by atoms with E-state index in [-0.39, 0.29) is 29.6 Å². The molecule has 6 heteroatoms. The van der Waals surface area contributed by atoms with E-state index in [0.717, 1.165) is 0 Å². The van der Waals surface area contributed by atoms with Gasteiger partial charge in [0.2, 0.25) is 0 Å². The number of carboxylic acid groups (broad SMARTS) is 1. The Hall–Kier alpha value is 0.350. The summed E-state index contributed by atoms with van der Waals surface area (Å²) in [5, 5.41) is 35.1. The smallest absolute Gasteiger partial charge is 0.547 e. The van der Waals surface area contributed by atoms with Crippen molar-refractivity contribution in [3.63, 3.8) is 0 Å². The SMILES string of the molecule is O=C([O-])[C@@H](O)C[C@H](O)CO.[Na+]. The molecule has 60 valence electrons. The average Bonchev–Trinajstić information content (AvgIpc) is 1.87. The van der Waals surface area contributed by atoms with Gasteiger partial charge in [-0.15, -0.1) is 0 Å². The van der Waals surface area contributed by atoms with Gasteiger partial charge in [-0.05, 0) is 0 Å². The molecule has 11 heavy (non-hydrogen) atoms. The molecule has 0 aromatic heterocycles. The van der Waals surface area contributed by atoms with Gasteiger partial charge in [-0.2, -0.15) is 0 Å². The molecule has 0 heterocycles. The molecule has 3 N–H and O–H groups in total. The van der Waals surface area contributed by atoms with E-state index in [2.05, 4.69) is 0 Å². The largest absolute Gasteiger partial charge is 1.00 e. The van der Waals surface area contributed by atoms with Crippen LogP contribution >= 0.6 is 0 Å². The van der Waals surface area contributed by atoms with Gasteiger partial charge in [0.15, 0.2) is 0 Å². The summed E-state index contributed by atoms with van der Waals surface area (Å²) in [5.74, 6) is -1.65. The summed E-state index contributed by atoms with van der Waals surface area (Å²) >= 11 is 0. The monoisotopic (exact) mass is 172 g/mol. The predicted octanol–water partition coefficient (Wildman–Crippen LogP) is -6.16. The molecule has 0 bridgehead atoms. The van der Waals surface area contributed by atoms with E-state index in [1.165, 1.54) is 0 Å². The summed E-state index contributed by atoms with van der Waals surface area (Å²) in [7, 11) is 0. The van der Waals surface area contributed by atoms with Gasteiger partial charge in [-0.25, -0.2) is 0 Å². The third-order valence-electron chi connectivity index (χ3n) is 0.978. The molecule has 0 radical (unpaired) electrons. The van der Waals surface area contributed by atoms with E-state index in [9.17, 15) is 9.90 Å². The Morgan fingerprint density at radius 1 is 1.45 bits per heavy atom. The number of hydrogen-bond donors (Lipinski definition) is 3. The molecule has 0 amide bonds. The molecule has 0 aliphatic rings. The normalized spacial score (nSPS) is 14.8. The van der Waals surface area contributed by atoms with Crippen molar-refractivity contribution in [2.24, 2.45) is 0 Å². The number of aliphatic hydroxyl groups is 3. The van der Waals surface area contributed by atoms with Crippen molar-refractivity contribution in [1.29, 1.82) is 0 Å². The van der Waals surface area contributed by atoms with Crippen LogP contribution < -0.4 is 34.7 Å². The fourth-order valence-corrected chi connectivity index (χ4v) is 0.428. The first-order chi connectivity index (χ1) is 4.57. The maximum absolute atomic E-state index is 9.80. The van der Waals surface area contributed by atoms with Crippen LogP contribution in [0, 0.1) is 0 Å². The van der Waals surface area contributed by atoms with Gasteiger partial charge in [-0.3, -0.25) is 0 Å². The fourth-order valence-electron chi connectivity index (χ4n) is 0.428. The molecule has 0 aliphatic carbocycles. The number of aliphatic carboxylic acids is 1. The number of carbonyl (C=O) groups excluding carboxylic acids is 1. The van der Waals surface area contributed by atoms with Crippen LogP contribution in [0.4, 0.5) is 0 Å². The zero-order chi connectivity index (χ0) is 8.15. The van der Waals surface area contributed by atoms with E-state index in [1.807, 2.05) is 0 Å². The molecule has 0 fully saturated rings. The van der Waals surface area contributed by atoms with Gasteiger partial charge < -0.3 is 25.2 Å². The molecular formula is C5H9NaO5. The zero-order valence-corrected chi connectivity index (χ0v) is 8.23. The fraction of sp³-hybridized carbons (Fsp3) is 0.800. The van der Waals surface area contributed by atoms with Crippen LogP contribution in [0.3, 0.4) is 0 Å². The second-order valence-electron chi connectivity index (χ2n) is 1.91. The van der Waals surface area contributed by atoms with Gasteiger partial charge in [0, 0.05) is 6.42 Å². The Balaban J connectivity index is 0. The summed E-state index contributed by atoms with van der Waals surface area (Å²) in [4.78, 5) is 9.80. The van der Waals surface area contributed by atoms with Crippen molar-refractivity contribution in [3.8, 4) is 0 Å². The molecule has 0 spiro atoms. The summed E-state index contributed by atoms with van der Waals surface area (Å²) in [6, 6.07) is 0. The third-order valence-corrected chi connectivity index (χ3v) is 0.978. The number of carbonyl (C=O) groups is 1. The van der Waals surface area contributed by atoms with Crippen LogP contribution in [0.5, 0.6) is 0 Å². The first-order valence-electron chi connectivity index (χ1n) is 2.75. The summed E-state index contributed by atoms with van der Waals surface area (Å²) in [6.07, 6.45) is -3.31. The summed E-state index contributed by atoms with van der Waals surface area (Å²) in [6.45, 7) is -0.565. The van der Waals surface area contributed by atoms with Gasteiger partial charge in [0.25, 0.3) is 0 Å². The van der Waals surface area contributed by atoms with E-state index in [1.54, 1.807) is 0 Å². The molecule has 0 unspecified atom stereocenters.